The lowest BCUT2D eigenvalue weighted by atomic mass is 10.0. The first-order chi connectivity index (χ1) is 9.51. The Morgan fingerprint density at radius 3 is 2.20 bits per heavy atom. The second-order valence-corrected chi connectivity index (χ2v) is 4.53. The summed E-state index contributed by atoms with van der Waals surface area (Å²) >= 11 is 11.5. The molecule has 0 atom stereocenters. The van der Waals surface area contributed by atoms with Crippen molar-refractivity contribution < 1.29 is 13.9 Å². The second-order valence-electron chi connectivity index (χ2n) is 3.76. The number of aldehydes is 1. The van der Waals surface area contributed by atoms with Crippen LogP contribution in [0.4, 0.5) is 4.39 Å². The molecule has 0 spiro atoms. The van der Waals surface area contributed by atoms with Gasteiger partial charge >= 0.3 is 0 Å². The van der Waals surface area contributed by atoms with Gasteiger partial charge in [0.1, 0.15) is 16.1 Å². The molecule has 106 valence electrons. The molecule has 0 aliphatic heterocycles. The van der Waals surface area contributed by atoms with Gasteiger partial charge in [-0.2, -0.15) is 0 Å². The summed E-state index contributed by atoms with van der Waals surface area (Å²) in [6, 6.07) is 7.05. The van der Waals surface area contributed by atoms with Crippen LogP contribution < -0.4 is 0 Å². The van der Waals surface area contributed by atoms with Gasteiger partial charge in [-0.25, -0.2) is 9.37 Å². The van der Waals surface area contributed by atoms with Gasteiger partial charge in [-0.3, -0.25) is 4.79 Å². The smallest absolute Gasteiger partial charge is 0.150 e. The van der Waals surface area contributed by atoms with Crippen molar-refractivity contribution >= 4 is 29.5 Å². The van der Waals surface area contributed by atoms with Crippen molar-refractivity contribution in [2.24, 2.45) is 0 Å². The number of pyridine rings is 1. The zero-order valence-electron chi connectivity index (χ0n) is 10.9. The predicted molar refractivity (Wildman–Crippen MR) is 78.0 cm³/mol. The lowest BCUT2D eigenvalue weighted by molar-refractivity contribution is 0.112. The molecule has 0 fully saturated rings. The minimum Gasteiger partial charge on any atom is -0.388 e. The van der Waals surface area contributed by atoms with Crippen LogP contribution in [0.2, 0.25) is 10.3 Å². The molecule has 0 bridgehead atoms. The van der Waals surface area contributed by atoms with Crippen molar-refractivity contribution in [2.75, 3.05) is 14.2 Å². The number of rotatable bonds is 2. The Kier molecular flexibility index (Phi) is 6.58. The summed E-state index contributed by atoms with van der Waals surface area (Å²) in [4.78, 5) is 14.7. The summed E-state index contributed by atoms with van der Waals surface area (Å²) < 4.78 is 17.2. The van der Waals surface area contributed by atoms with Crippen molar-refractivity contribution in [3.05, 3.63) is 52.0 Å². The molecular formula is C14H12Cl2FNO2. The molecule has 2 rings (SSSR count). The van der Waals surface area contributed by atoms with Crippen LogP contribution >= 0.6 is 23.2 Å². The molecule has 0 unspecified atom stereocenters. The molecule has 0 amide bonds. The Bertz CT molecular complexity index is 585. The predicted octanol–water partition coefficient (Wildman–Crippen LogP) is 4.27. The van der Waals surface area contributed by atoms with Gasteiger partial charge in [-0.15, -0.1) is 0 Å². The van der Waals surface area contributed by atoms with Crippen molar-refractivity contribution in [2.45, 2.75) is 0 Å². The maximum atomic E-state index is 13.0. The number of halogens is 3. The molecule has 1 aromatic heterocycles. The van der Waals surface area contributed by atoms with Crippen molar-refractivity contribution in [1.29, 1.82) is 0 Å². The van der Waals surface area contributed by atoms with Crippen molar-refractivity contribution in [3.63, 3.8) is 0 Å². The highest BCUT2D eigenvalue weighted by Crippen LogP contribution is 2.27. The SMILES string of the molecule is COC.O=Cc1cc(F)ccc1-c1cc(Cl)nc(Cl)c1. The molecule has 3 nitrogen and oxygen atoms in total. The molecule has 2 aromatic rings. The largest absolute Gasteiger partial charge is 0.388 e. The van der Waals surface area contributed by atoms with Crippen molar-refractivity contribution in [1.82, 2.24) is 4.98 Å². The maximum Gasteiger partial charge on any atom is 0.150 e. The Hall–Kier alpha value is -1.49. The quantitative estimate of drug-likeness (QED) is 0.613. The van der Waals surface area contributed by atoms with Gasteiger partial charge in [0.2, 0.25) is 0 Å². The van der Waals surface area contributed by atoms with E-state index in [0.717, 1.165) is 6.07 Å². The van der Waals surface area contributed by atoms with Crippen LogP contribution in [0.5, 0.6) is 0 Å². The lowest BCUT2D eigenvalue weighted by Gasteiger charge is -2.06. The highest BCUT2D eigenvalue weighted by molar-refractivity contribution is 6.32. The molecule has 0 radical (unpaired) electrons. The van der Waals surface area contributed by atoms with Gasteiger partial charge < -0.3 is 4.74 Å². The fraction of sp³-hybridized carbons (Fsp3) is 0.143. The normalized spacial score (nSPS) is 9.65. The van der Waals surface area contributed by atoms with Crippen LogP contribution in [0.1, 0.15) is 10.4 Å². The van der Waals surface area contributed by atoms with E-state index in [9.17, 15) is 9.18 Å². The molecule has 6 heteroatoms. The number of carbonyl (C=O) groups is 1. The van der Waals surface area contributed by atoms with E-state index >= 15 is 0 Å². The van der Waals surface area contributed by atoms with E-state index in [4.69, 9.17) is 23.2 Å². The highest BCUT2D eigenvalue weighted by atomic mass is 35.5. The van der Waals surface area contributed by atoms with Gasteiger partial charge in [0, 0.05) is 19.8 Å². The molecule has 0 saturated heterocycles. The van der Waals surface area contributed by atoms with E-state index in [1.165, 1.54) is 12.1 Å². The number of nitrogens with zero attached hydrogens (tertiary/aromatic N) is 1. The van der Waals surface area contributed by atoms with E-state index in [1.807, 2.05) is 0 Å². The Morgan fingerprint density at radius 2 is 1.70 bits per heavy atom. The van der Waals surface area contributed by atoms with Gasteiger partial charge in [0.25, 0.3) is 0 Å². The molecule has 0 aliphatic carbocycles. The minimum absolute atomic E-state index is 0.216. The third-order valence-corrected chi connectivity index (χ3v) is 2.60. The number of aromatic nitrogens is 1. The van der Waals surface area contributed by atoms with Crippen molar-refractivity contribution in [3.8, 4) is 11.1 Å². The van der Waals surface area contributed by atoms with E-state index in [0.29, 0.717) is 17.4 Å². The van der Waals surface area contributed by atoms with Crippen LogP contribution in [0.15, 0.2) is 30.3 Å². The Labute approximate surface area is 126 Å². The zero-order chi connectivity index (χ0) is 15.1. The summed E-state index contributed by atoms with van der Waals surface area (Å²) in [5.74, 6) is -0.470. The number of carbonyl (C=O) groups excluding carboxylic acids is 1. The molecular weight excluding hydrogens is 304 g/mol. The summed E-state index contributed by atoms with van der Waals surface area (Å²) in [5.41, 5.74) is 1.42. The Morgan fingerprint density at radius 1 is 1.15 bits per heavy atom. The standard InChI is InChI=1S/C12H6Cl2FNO.C2H6O/c13-11-4-7(5-12(14)16-11)10-2-1-9(15)3-8(10)6-17;1-3-2/h1-6H;1-2H3. The minimum atomic E-state index is -0.470. The fourth-order valence-electron chi connectivity index (χ4n) is 1.51. The maximum absolute atomic E-state index is 13.0. The molecule has 0 N–H and O–H groups in total. The average Bonchev–Trinajstić information content (AvgIpc) is 2.38. The number of ether oxygens (including phenoxy) is 1. The third-order valence-electron chi connectivity index (χ3n) is 2.21. The van der Waals surface area contributed by atoms with E-state index in [-0.39, 0.29) is 15.9 Å². The van der Waals surface area contributed by atoms with Crippen LogP contribution in [-0.4, -0.2) is 25.5 Å². The second kappa shape index (κ2) is 7.94. The topological polar surface area (TPSA) is 39.2 Å². The van der Waals surface area contributed by atoms with Gasteiger partial charge in [0.05, 0.1) is 0 Å². The van der Waals surface area contributed by atoms with Crippen LogP contribution in [0.25, 0.3) is 11.1 Å². The highest BCUT2D eigenvalue weighted by Gasteiger charge is 2.08. The summed E-state index contributed by atoms with van der Waals surface area (Å²) in [5, 5.41) is 0.433. The Balaban J connectivity index is 0.000000612. The first kappa shape index (κ1) is 16.6. The average molecular weight is 316 g/mol. The summed E-state index contributed by atoms with van der Waals surface area (Å²) in [6.45, 7) is 0. The third kappa shape index (κ3) is 4.56. The van der Waals surface area contributed by atoms with E-state index in [1.54, 1.807) is 26.4 Å². The van der Waals surface area contributed by atoms with Crippen LogP contribution in [-0.2, 0) is 4.74 Å². The van der Waals surface area contributed by atoms with Gasteiger partial charge in [-0.1, -0.05) is 29.3 Å². The van der Waals surface area contributed by atoms with Gasteiger partial charge in [-0.05, 0) is 35.4 Å². The van der Waals surface area contributed by atoms with Gasteiger partial charge in [0.15, 0.2) is 6.29 Å². The van der Waals surface area contributed by atoms with E-state index < -0.39 is 5.82 Å². The first-order valence-corrected chi connectivity index (χ1v) is 6.25. The fourth-order valence-corrected chi connectivity index (χ4v) is 1.97. The monoisotopic (exact) mass is 315 g/mol. The zero-order valence-corrected chi connectivity index (χ0v) is 12.4. The van der Waals surface area contributed by atoms with Crippen LogP contribution in [0.3, 0.4) is 0 Å². The molecule has 0 saturated carbocycles. The molecule has 20 heavy (non-hydrogen) atoms. The number of methoxy groups -OCH3 is 1. The summed E-state index contributed by atoms with van der Waals surface area (Å²) in [6.07, 6.45) is 0.584. The van der Waals surface area contributed by atoms with E-state index in [2.05, 4.69) is 9.72 Å². The number of benzene rings is 1. The summed E-state index contributed by atoms with van der Waals surface area (Å²) in [7, 11) is 3.25. The lowest BCUT2D eigenvalue weighted by Crippen LogP contribution is -1.90. The number of hydrogen-bond acceptors (Lipinski definition) is 3. The molecule has 1 heterocycles. The molecule has 1 aromatic carbocycles. The first-order valence-electron chi connectivity index (χ1n) is 5.50. The molecule has 0 aliphatic rings. The van der Waals surface area contributed by atoms with Crippen LogP contribution in [0, 0.1) is 5.82 Å². The number of hydrogen-bond donors (Lipinski definition) is 0.